The normalized spacial score (nSPS) is 11.2. The minimum absolute atomic E-state index is 0.0987. The summed E-state index contributed by atoms with van der Waals surface area (Å²) in [5.41, 5.74) is 2.13. The first-order chi connectivity index (χ1) is 8.81. The summed E-state index contributed by atoms with van der Waals surface area (Å²) in [4.78, 5) is 19.2. The molecule has 0 aliphatic heterocycles. The summed E-state index contributed by atoms with van der Waals surface area (Å²) in [6, 6.07) is 9.78. The quantitative estimate of drug-likeness (QED) is 0.690. The number of ketones is 1. The largest absolute Gasteiger partial charge is 0.396 e. The zero-order valence-electron chi connectivity index (χ0n) is 9.68. The van der Waals surface area contributed by atoms with Gasteiger partial charge >= 0.3 is 0 Å². The summed E-state index contributed by atoms with van der Waals surface area (Å²) in [7, 11) is 0. The minimum Gasteiger partial charge on any atom is -0.396 e. The van der Waals surface area contributed by atoms with E-state index in [4.69, 9.17) is 5.11 Å². The topological polar surface area (TPSA) is 66.0 Å². The predicted octanol–water partition coefficient (Wildman–Crippen LogP) is 2.28. The molecule has 0 spiro atoms. The number of Topliss-reactive ketones (excluding diaryl/α,β-unsaturated/α-hetero) is 1. The van der Waals surface area contributed by atoms with Crippen molar-refractivity contribution in [1.82, 2.24) is 9.97 Å². The molecule has 0 fully saturated rings. The molecule has 4 heteroatoms. The van der Waals surface area contributed by atoms with E-state index in [1.807, 2.05) is 30.3 Å². The lowest BCUT2D eigenvalue weighted by Gasteiger charge is -1.99. The second-order valence-electron chi connectivity index (χ2n) is 4.15. The van der Waals surface area contributed by atoms with Gasteiger partial charge in [0.1, 0.15) is 5.69 Å². The number of hydrogen-bond donors (Lipinski definition) is 2. The van der Waals surface area contributed by atoms with Crippen molar-refractivity contribution >= 4 is 27.6 Å². The van der Waals surface area contributed by atoms with E-state index in [1.54, 1.807) is 6.20 Å². The molecule has 0 saturated carbocycles. The first-order valence-electron chi connectivity index (χ1n) is 5.81. The number of hydrogen-bond acceptors (Lipinski definition) is 3. The molecule has 90 valence electrons. The smallest absolute Gasteiger partial charge is 0.185 e. The first-order valence-corrected chi connectivity index (χ1v) is 5.81. The molecule has 2 aromatic heterocycles. The first kappa shape index (κ1) is 10.9. The average molecular weight is 240 g/mol. The highest BCUT2D eigenvalue weighted by Crippen LogP contribution is 2.26. The second kappa shape index (κ2) is 4.23. The SMILES string of the molecule is O=C(CCO)c1nccc2c1[nH]c1ccccc12. The van der Waals surface area contributed by atoms with Gasteiger partial charge in [-0.3, -0.25) is 9.78 Å². The zero-order chi connectivity index (χ0) is 12.5. The maximum atomic E-state index is 11.9. The van der Waals surface area contributed by atoms with Crippen LogP contribution >= 0.6 is 0 Å². The number of nitrogens with one attached hydrogen (secondary N) is 1. The molecule has 0 aliphatic carbocycles. The molecule has 4 nitrogen and oxygen atoms in total. The Morgan fingerprint density at radius 1 is 1.22 bits per heavy atom. The van der Waals surface area contributed by atoms with Gasteiger partial charge in [-0.1, -0.05) is 18.2 Å². The monoisotopic (exact) mass is 240 g/mol. The molecule has 3 rings (SSSR count). The molecule has 0 bridgehead atoms. The van der Waals surface area contributed by atoms with Gasteiger partial charge in [0.05, 0.1) is 12.1 Å². The van der Waals surface area contributed by atoms with Crippen LogP contribution in [-0.2, 0) is 0 Å². The number of benzene rings is 1. The molecular weight excluding hydrogens is 228 g/mol. The predicted molar refractivity (Wildman–Crippen MR) is 69.6 cm³/mol. The van der Waals surface area contributed by atoms with E-state index >= 15 is 0 Å². The molecule has 3 aromatic rings. The van der Waals surface area contributed by atoms with Gasteiger partial charge < -0.3 is 10.1 Å². The highest BCUT2D eigenvalue weighted by atomic mass is 16.3. The Labute approximate surface area is 103 Å². The summed E-state index contributed by atoms with van der Waals surface area (Å²) < 4.78 is 0. The Morgan fingerprint density at radius 2 is 2.06 bits per heavy atom. The Hall–Kier alpha value is -2.20. The number of para-hydroxylation sites is 1. The van der Waals surface area contributed by atoms with E-state index in [2.05, 4.69) is 9.97 Å². The average Bonchev–Trinajstić information content (AvgIpc) is 2.77. The molecule has 0 unspecified atom stereocenters. The standard InChI is InChI=1S/C14H12N2O2/c17-8-6-12(18)14-13-10(5-7-15-14)9-3-1-2-4-11(9)16-13/h1-5,7,16-17H,6,8H2. The van der Waals surface area contributed by atoms with Gasteiger partial charge in [-0.15, -0.1) is 0 Å². The molecule has 1 aromatic carbocycles. The van der Waals surface area contributed by atoms with Gasteiger partial charge in [0.15, 0.2) is 5.78 Å². The fraction of sp³-hybridized carbons (Fsp3) is 0.143. The van der Waals surface area contributed by atoms with E-state index in [1.165, 1.54) is 0 Å². The summed E-state index contributed by atoms with van der Waals surface area (Å²) in [5, 5.41) is 10.9. The van der Waals surface area contributed by atoms with Crippen LogP contribution in [0.2, 0.25) is 0 Å². The minimum atomic E-state index is -0.156. The number of aliphatic hydroxyl groups is 1. The number of nitrogens with zero attached hydrogens (tertiary/aromatic N) is 1. The number of aromatic nitrogens is 2. The Kier molecular flexibility index (Phi) is 2.57. The lowest BCUT2D eigenvalue weighted by Crippen LogP contribution is -2.05. The Bertz CT molecular complexity index is 731. The van der Waals surface area contributed by atoms with E-state index in [9.17, 15) is 4.79 Å². The number of pyridine rings is 1. The van der Waals surface area contributed by atoms with Gasteiger partial charge in [-0.2, -0.15) is 0 Å². The van der Waals surface area contributed by atoms with Crippen LogP contribution in [0.4, 0.5) is 0 Å². The van der Waals surface area contributed by atoms with Crippen molar-refractivity contribution in [1.29, 1.82) is 0 Å². The van der Waals surface area contributed by atoms with Crippen LogP contribution in [0.25, 0.3) is 21.8 Å². The number of fused-ring (bicyclic) bond motifs is 3. The molecule has 0 aliphatic rings. The third-order valence-electron chi connectivity index (χ3n) is 3.03. The van der Waals surface area contributed by atoms with E-state index in [0.717, 1.165) is 21.8 Å². The van der Waals surface area contributed by atoms with Gasteiger partial charge in [-0.25, -0.2) is 0 Å². The van der Waals surface area contributed by atoms with Crippen molar-refractivity contribution in [2.45, 2.75) is 6.42 Å². The lowest BCUT2D eigenvalue weighted by atomic mass is 10.1. The van der Waals surface area contributed by atoms with Crippen molar-refractivity contribution in [2.75, 3.05) is 6.61 Å². The van der Waals surface area contributed by atoms with Gasteiger partial charge in [0.2, 0.25) is 0 Å². The third-order valence-corrected chi connectivity index (χ3v) is 3.03. The van der Waals surface area contributed by atoms with Crippen molar-refractivity contribution in [3.05, 3.63) is 42.2 Å². The van der Waals surface area contributed by atoms with Crippen LogP contribution in [0, 0.1) is 0 Å². The number of aromatic amines is 1. The van der Waals surface area contributed by atoms with Crippen molar-refractivity contribution in [3.63, 3.8) is 0 Å². The van der Waals surface area contributed by atoms with Crippen LogP contribution in [0.1, 0.15) is 16.9 Å². The lowest BCUT2D eigenvalue weighted by molar-refractivity contribution is 0.0953. The Balaban J connectivity index is 2.31. The van der Waals surface area contributed by atoms with Crippen LogP contribution in [0.5, 0.6) is 0 Å². The van der Waals surface area contributed by atoms with Crippen molar-refractivity contribution < 1.29 is 9.90 Å². The zero-order valence-corrected chi connectivity index (χ0v) is 9.68. The molecule has 0 radical (unpaired) electrons. The van der Waals surface area contributed by atoms with E-state index in [0.29, 0.717) is 5.69 Å². The second-order valence-corrected chi connectivity index (χ2v) is 4.15. The van der Waals surface area contributed by atoms with E-state index in [-0.39, 0.29) is 18.8 Å². The van der Waals surface area contributed by atoms with Gasteiger partial charge in [-0.05, 0) is 12.1 Å². The number of aliphatic hydroxyl groups excluding tert-OH is 1. The number of H-pyrrole nitrogens is 1. The molecule has 0 saturated heterocycles. The van der Waals surface area contributed by atoms with Gasteiger partial charge in [0, 0.05) is 28.9 Å². The molecule has 2 N–H and O–H groups in total. The molecule has 2 heterocycles. The maximum Gasteiger partial charge on any atom is 0.185 e. The number of rotatable bonds is 3. The van der Waals surface area contributed by atoms with Crippen LogP contribution in [0.15, 0.2) is 36.5 Å². The molecule has 18 heavy (non-hydrogen) atoms. The molecule has 0 amide bonds. The van der Waals surface area contributed by atoms with Crippen molar-refractivity contribution in [3.8, 4) is 0 Å². The summed E-state index contributed by atoms with van der Waals surface area (Å²) in [6.45, 7) is -0.156. The maximum absolute atomic E-state index is 11.9. The summed E-state index contributed by atoms with van der Waals surface area (Å²) in [5.74, 6) is -0.144. The van der Waals surface area contributed by atoms with Crippen LogP contribution in [-0.4, -0.2) is 27.5 Å². The van der Waals surface area contributed by atoms with Crippen LogP contribution in [0.3, 0.4) is 0 Å². The molecule has 0 atom stereocenters. The molecular formula is C14H12N2O2. The number of carbonyl (C=O) groups excluding carboxylic acids is 1. The highest BCUT2D eigenvalue weighted by molar-refractivity contribution is 6.14. The summed E-state index contributed by atoms with van der Waals surface area (Å²) in [6.07, 6.45) is 1.73. The number of carbonyl (C=O) groups is 1. The fourth-order valence-electron chi connectivity index (χ4n) is 2.21. The van der Waals surface area contributed by atoms with Crippen LogP contribution < -0.4 is 0 Å². The van der Waals surface area contributed by atoms with Gasteiger partial charge in [0.25, 0.3) is 0 Å². The fourth-order valence-corrected chi connectivity index (χ4v) is 2.21. The third kappa shape index (κ3) is 1.58. The highest BCUT2D eigenvalue weighted by Gasteiger charge is 2.14. The Morgan fingerprint density at radius 3 is 2.89 bits per heavy atom. The van der Waals surface area contributed by atoms with Crippen molar-refractivity contribution in [2.24, 2.45) is 0 Å². The summed E-state index contributed by atoms with van der Waals surface area (Å²) >= 11 is 0. The van der Waals surface area contributed by atoms with E-state index < -0.39 is 0 Å².